The average molecular weight is 453 g/mol. The van der Waals surface area contributed by atoms with E-state index in [0.29, 0.717) is 5.13 Å². The molecule has 2 aromatic rings. The molecule has 0 unspecified atom stereocenters. The molecular weight excluding hydrogens is 432 g/mol. The van der Waals surface area contributed by atoms with E-state index in [4.69, 9.17) is 4.98 Å². The van der Waals surface area contributed by atoms with Gasteiger partial charge in [0, 0.05) is 15.3 Å². The fraction of sp³-hybridized carbons (Fsp3) is 0.526. The number of nitrogens with one attached hydrogen (secondary N) is 1. The molecule has 7 heteroatoms. The molecule has 4 saturated carbocycles. The third-order valence-electron chi connectivity index (χ3n) is 6.43. The Kier molecular flexibility index (Phi) is 4.00. The van der Waals surface area contributed by atoms with Crippen LogP contribution in [0.3, 0.4) is 0 Å². The van der Waals surface area contributed by atoms with Crippen LogP contribution >= 0.6 is 27.3 Å². The first-order chi connectivity index (χ1) is 12.4. The molecule has 4 fully saturated rings. The van der Waals surface area contributed by atoms with Crippen LogP contribution in [-0.4, -0.2) is 13.4 Å². The Morgan fingerprint density at radius 2 is 1.62 bits per heavy atom. The molecule has 26 heavy (non-hydrogen) atoms. The molecule has 0 aliphatic heterocycles. The molecule has 4 aliphatic rings. The highest BCUT2D eigenvalue weighted by molar-refractivity contribution is 9.10. The summed E-state index contributed by atoms with van der Waals surface area (Å²) in [5.41, 5.74) is 1.32. The SMILES string of the molecule is O=S(=O)(Nc1nc(C23CC4CC(CC(C4)C2)C3)cs1)c1ccc(Br)cc1. The Labute approximate surface area is 166 Å². The zero-order valence-corrected chi connectivity index (χ0v) is 17.5. The number of nitrogens with zero attached hydrogens (tertiary/aromatic N) is 1. The number of halogens is 1. The topological polar surface area (TPSA) is 59.1 Å². The van der Waals surface area contributed by atoms with E-state index in [-0.39, 0.29) is 10.3 Å². The van der Waals surface area contributed by atoms with Crippen molar-refractivity contribution in [2.75, 3.05) is 4.72 Å². The molecule has 1 N–H and O–H groups in total. The van der Waals surface area contributed by atoms with Crippen molar-refractivity contribution in [1.29, 1.82) is 0 Å². The fourth-order valence-corrected chi connectivity index (χ4v) is 8.13. The predicted molar refractivity (Wildman–Crippen MR) is 107 cm³/mol. The summed E-state index contributed by atoms with van der Waals surface area (Å²) in [5.74, 6) is 2.56. The first-order valence-electron chi connectivity index (χ1n) is 9.16. The third kappa shape index (κ3) is 2.92. The molecular formula is C19H21BrN2O2S2. The monoisotopic (exact) mass is 452 g/mol. The van der Waals surface area contributed by atoms with Gasteiger partial charge in [0.1, 0.15) is 0 Å². The van der Waals surface area contributed by atoms with E-state index in [1.807, 2.05) is 0 Å². The molecule has 1 aromatic carbocycles. The summed E-state index contributed by atoms with van der Waals surface area (Å²) in [6.07, 6.45) is 7.90. The summed E-state index contributed by atoms with van der Waals surface area (Å²) in [6, 6.07) is 6.66. The minimum Gasteiger partial charge on any atom is -0.255 e. The summed E-state index contributed by atoms with van der Waals surface area (Å²) >= 11 is 4.75. The second kappa shape index (κ2) is 6.04. The lowest BCUT2D eigenvalue weighted by Crippen LogP contribution is -2.48. The number of sulfonamides is 1. The Bertz CT molecular complexity index is 901. The summed E-state index contributed by atoms with van der Waals surface area (Å²) in [6.45, 7) is 0. The number of hydrogen-bond donors (Lipinski definition) is 1. The Morgan fingerprint density at radius 3 is 2.19 bits per heavy atom. The zero-order chi connectivity index (χ0) is 17.9. The van der Waals surface area contributed by atoms with Gasteiger partial charge in [-0.15, -0.1) is 11.3 Å². The molecule has 0 saturated heterocycles. The number of benzene rings is 1. The van der Waals surface area contributed by atoms with Crippen molar-refractivity contribution >= 4 is 42.4 Å². The minimum atomic E-state index is -3.60. The largest absolute Gasteiger partial charge is 0.263 e. The van der Waals surface area contributed by atoms with E-state index in [2.05, 4.69) is 26.0 Å². The van der Waals surface area contributed by atoms with Gasteiger partial charge in [0.15, 0.2) is 5.13 Å². The Hall–Kier alpha value is -0.920. The van der Waals surface area contributed by atoms with Crippen LogP contribution in [0.5, 0.6) is 0 Å². The molecule has 4 aliphatic carbocycles. The highest BCUT2D eigenvalue weighted by Gasteiger charge is 2.52. The number of hydrogen-bond acceptors (Lipinski definition) is 4. The molecule has 0 amide bonds. The predicted octanol–water partition coefficient (Wildman–Crippen LogP) is 5.17. The standard InChI is InChI=1S/C19H21BrN2O2S2/c20-15-1-3-16(4-2-15)26(23,24)22-18-21-17(11-25-18)19-8-12-5-13(9-19)7-14(6-12)10-19/h1-4,11-14H,5-10H2,(H,21,22). The summed E-state index contributed by atoms with van der Waals surface area (Å²) in [7, 11) is -3.60. The highest BCUT2D eigenvalue weighted by Crippen LogP contribution is 2.60. The van der Waals surface area contributed by atoms with Crippen LogP contribution in [0.25, 0.3) is 0 Å². The van der Waals surface area contributed by atoms with Gasteiger partial charge in [-0.05, 0) is 80.5 Å². The number of aromatic nitrogens is 1. The van der Waals surface area contributed by atoms with E-state index < -0.39 is 10.0 Å². The van der Waals surface area contributed by atoms with Crippen LogP contribution in [0, 0.1) is 17.8 Å². The van der Waals surface area contributed by atoms with Gasteiger partial charge >= 0.3 is 0 Å². The first kappa shape index (κ1) is 17.2. The van der Waals surface area contributed by atoms with Gasteiger partial charge in [0.25, 0.3) is 10.0 Å². The highest BCUT2D eigenvalue weighted by atomic mass is 79.9. The molecule has 1 aromatic heterocycles. The summed E-state index contributed by atoms with van der Waals surface area (Å²) in [5, 5.41) is 2.57. The summed E-state index contributed by atoms with van der Waals surface area (Å²) in [4.78, 5) is 5.00. The average Bonchev–Trinajstić information content (AvgIpc) is 3.02. The first-order valence-corrected chi connectivity index (χ1v) is 12.3. The number of anilines is 1. The van der Waals surface area contributed by atoms with Crippen LogP contribution in [0.1, 0.15) is 44.2 Å². The quantitative estimate of drug-likeness (QED) is 0.695. The lowest BCUT2D eigenvalue weighted by Gasteiger charge is -2.56. The molecule has 4 nitrogen and oxygen atoms in total. The molecule has 1 heterocycles. The van der Waals surface area contributed by atoms with Gasteiger partial charge in [-0.1, -0.05) is 15.9 Å². The normalized spacial score (nSPS) is 32.7. The van der Waals surface area contributed by atoms with Gasteiger partial charge in [-0.2, -0.15) is 0 Å². The number of thiazole rings is 1. The fourth-order valence-electron chi connectivity index (χ4n) is 5.78. The van der Waals surface area contributed by atoms with Crippen molar-refractivity contribution in [3.8, 4) is 0 Å². The molecule has 4 bridgehead atoms. The minimum absolute atomic E-state index is 0.201. The maximum absolute atomic E-state index is 12.6. The second-order valence-corrected chi connectivity index (χ2v) is 11.8. The maximum atomic E-state index is 12.6. The Balaban J connectivity index is 1.40. The van der Waals surface area contributed by atoms with Crippen molar-refractivity contribution in [1.82, 2.24) is 4.98 Å². The van der Waals surface area contributed by atoms with Crippen molar-refractivity contribution in [3.05, 3.63) is 39.8 Å². The molecule has 0 atom stereocenters. The van der Waals surface area contributed by atoms with Crippen LogP contribution in [0.4, 0.5) is 5.13 Å². The van der Waals surface area contributed by atoms with E-state index in [9.17, 15) is 8.42 Å². The Morgan fingerprint density at radius 1 is 1.04 bits per heavy atom. The number of rotatable bonds is 4. The van der Waals surface area contributed by atoms with Crippen LogP contribution in [-0.2, 0) is 15.4 Å². The van der Waals surface area contributed by atoms with Crippen molar-refractivity contribution in [2.24, 2.45) is 17.8 Å². The molecule has 6 rings (SSSR count). The summed E-state index contributed by atoms with van der Waals surface area (Å²) < 4.78 is 28.7. The van der Waals surface area contributed by atoms with E-state index in [1.165, 1.54) is 49.9 Å². The van der Waals surface area contributed by atoms with Crippen molar-refractivity contribution in [2.45, 2.75) is 48.8 Å². The van der Waals surface area contributed by atoms with Crippen LogP contribution in [0.15, 0.2) is 39.0 Å². The smallest absolute Gasteiger partial charge is 0.255 e. The van der Waals surface area contributed by atoms with Crippen LogP contribution in [0.2, 0.25) is 0 Å². The molecule has 0 radical (unpaired) electrons. The van der Waals surface area contributed by atoms with E-state index >= 15 is 0 Å². The van der Waals surface area contributed by atoms with Crippen molar-refractivity contribution < 1.29 is 8.42 Å². The third-order valence-corrected chi connectivity index (χ3v) is 9.20. The van der Waals surface area contributed by atoms with Gasteiger partial charge in [0.05, 0.1) is 10.6 Å². The lowest BCUT2D eigenvalue weighted by molar-refractivity contribution is -0.00688. The molecule has 0 spiro atoms. The van der Waals surface area contributed by atoms with Gasteiger partial charge in [0.2, 0.25) is 0 Å². The van der Waals surface area contributed by atoms with Gasteiger partial charge < -0.3 is 0 Å². The second-order valence-electron chi connectivity index (χ2n) is 8.30. The zero-order valence-electron chi connectivity index (χ0n) is 14.3. The maximum Gasteiger partial charge on any atom is 0.263 e. The van der Waals surface area contributed by atoms with Gasteiger partial charge in [-0.3, -0.25) is 4.72 Å². The molecule has 138 valence electrons. The van der Waals surface area contributed by atoms with Crippen LogP contribution < -0.4 is 4.72 Å². The van der Waals surface area contributed by atoms with E-state index in [0.717, 1.165) is 27.9 Å². The van der Waals surface area contributed by atoms with Gasteiger partial charge in [-0.25, -0.2) is 13.4 Å². The van der Waals surface area contributed by atoms with E-state index in [1.54, 1.807) is 24.3 Å². The lowest BCUT2D eigenvalue weighted by atomic mass is 9.49. The van der Waals surface area contributed by atoms with Crippen molar-refractivity contribution in [3.63, 3.8) is 0 Å².